The fraction of sp³-hybridized carbons (Fsp3) is 0.0588. The summed E-state index contributed by atoms with van der Waals surface area (Å²) < 4.78 is 27.7. The van der Waals surface area contributed by atoms with Crippen molar-refractivity contribution >= 4 is 27.0 Å². The molecule has 112 valence electrons. The van der Waals surface area contributed by atoms with Crippen molar-refractivity contribution in [1.82, 2.24) is 0 Å². The van der Waals surface area contributed by atoms with Gasteiger partial charge in [-0.1, -0.05) is 54.6 Å². The maximum Gasteiger partial charge on any atom is 0.271 e. The second-order valence-electron chi connectivity index (χ2n) is 4.86. The highest BCUT2D eigenvalue weighted by Gasteiger charge is 2.16. The summed E-state index contributed by atoms with van der Waals surface area (Å²) in [7, 11) is -3.52. The molecule has 3 rings (SSSR count). The number of sulfonamides is 1. The van der Waals surface area contributed by atoms with Crippen molar-refractivity contribution in [3.05, 3.63) is 83.2 Å². The first kappa shape index (κ1) is 14.8. The van der Waals surface area contributed by atoms with Crippen molar-refractivity contribution in [1.29, 1.82) is 0 Å². The SMILES string of the molecule is O=S(=O)(Nc1ccccc1Cc1ccccc1)c1cccs1. The number of hydrogen-bond acceptors (Lipinski definition) is 3. The summed E-state index contributed by atoms with van der Waals surface area (Å²) in [5, 5.41) is 1.75. The zero-order valence-corrected chi connectivity index (χ0v) is 13.4. The minimum atomic E-state index is -3.52. The lowest BCUT2D eigenvalue weighted by Crippen LogP contribution is -2.13. The van der Waals surface area contributed by atoms with Crippen LogP contribution >= 0.6 is 11.3 Å². The van der Waals surface area contributed by atoms with E-state index in [4.69, 9.17) is 0 Å². The molecule has 0 aliphatic heterocycles. The Morgan fingerprint density at radius 2 is 1.59 bits per heavy atom. The molecule has 22 heavy (non-hydrogen) atoms. The number of thiophene rings is 1. The highest BCUT2D eigenvalue weighted by Crippen LogP contribution is 2.24. The molecule has 3 aromatic rings. The van der Waals surface area contributed by atoms with Gasteiger partial charge in [0.15, 0.2) is 0 Å². The van der Waals surface area contributed by atoms with Crippen LogP contribution in [-0.4, -0.2) is 8.42 Å². The molecule has 0 spiro atoms. The zero-order chi connectivity index (χ0) is 15.4. The lowest BCUT2D eigenvalue weighted by Gasteiger charge is -2.12. The van der Waals surface area contributed by atoms with Crippen molar-refractivity contribution in [2.75, 3.05) is 4.72 Å². The molecule has 0 bridgehead atoms. The topological polar surface area (TPSA) is 46.2 Å². The summed E-state index contributed by atoms with van der Waals surface area (Å²) in [5.41, 5.74) is 2.72. The van der Waals surface area contributed by atoms with E-state index in [1.54, 1.807) is 23.6 Å². The van der Waals surface area contributed by atoms with Gasteiger partial charge in [-0.05, 0) is 35.1 Å². The number of benzene rings is 2. The molecule has 3 nitrogen and oxygen atoms in total. The number of nitrogens with one attached hydrogen (secondary N) is 1. The normalized spacial score (nSPS) is 11.3. The summed E-state index contributed by atoms with van der Waals surface area (Å²) in [4.78, 5) is 0. The minimum Gasteiger partial charge on any atom is -0.279 e. The van der Waals surface area contributed by atoms with Crippen molar-refractivity contribution in [2.24, 2.45) is 0 Å². The fourth-order valence-electron chi connectivity index (χ4n) is 2.20. The quantitative estimate of drug-likeness (QED) is 0.764. The minimum absolute atomic E-state index is 0.321. The lowest BCUT2D eigenvalue weighted by molar-refractivity contribution is 0.603. The first-order valence-corrected chi connectivity index (χ1v) is 9.19. The molecule has 0 amide bonds. The molecule has 0 unspecified atom stereocenters. The van der Waals surface area contributed by atoms with Crippen molar-refractivity contribution in [2.45, 2.75) is 10.6 Å². The van der Waals surface area contributed by atoms with Crippen LogP contribution in [0.5, 0.6) is 0 Å². The van der Waals surface area contributed by atoms with Crippen molar-refractivity contribution in [3.63, 3.8) is 0 Å². The van der Waals surface area contributed by atoms with E-state index in [0.717, 1.165) is 11.1 Å². The molecule has 0 aliphatic carbocycles. The standard InChI is InChI=1S/C17H15NO2S2/c19-22(20,17-11-6-12-21-17)18-16-10-5-4-9-15(16)13-14-7-2-1-3-8-14/h1-12,18H,13H2. The van der Waals surface area contributed by atoms with Crippen molar-refractivity contribution in [3.8, 4) is 0 Å². The van der Waals surface area contributed by atoms with Crippen LogP contribution in [0.25, 0.3) is 0 Å². The third-order valence-corrected chi connectivity index (χ3v) is 6.02. The first-order chi connectivity index (χ1) is 10.6. The molecule has 0 aliphatic rings. The van der Waals surface area contributed by atoms with Gasteiger partial charge in [0.05, 0.1) is 5.69 Å². The van der Waals surface area contributed by atoms with E-state index in [1.165, 1.54) is 11.3 Å². The molecule has 1 aromatic heterocycles. The predicted octanol–water partition coefficient (Wildman–Crippen LogP) is 4.14. The van der Waals surface area contributed by atoms with Gasteiger partial charge in [0.1, 0.15) is 4.21 Å². The highest BCUT2D eigenvalue weighted by molar-refractivity contribution is 7.94. The Hall–Kier alpha value is -2.11. The zero-order valence-electron chi connectivity index (χ0n) is 11.8. The summed E-state index contributed by atoms with van der Waals surface area (Å²) >= 11 is 1.21. The van der Waals surface area contributed by atoms with Crippen LogP contribution < -0.4 is 4.72 Å². The fourth-order valence-corrected chi connectivity index (χ4v) is 4.29. The van der Waals surface area contributed by atoms with Crippen LogP contribution in [0.4, 0.5) is 5.69 Å². The van der Waals surface area contributed by atoms with Crippen LogP contribution in [0.3, 0.4) is 0 Å². The van der Waals surface area contributed by atoms with Crippen LogP contribution in [0.2, 0.25) is 0 Å². The second-order valence-corrected chi connectivity index (χ2v) is 7.71. The molecule has 0 saturated heterocycles. The molecule has 0 saturated carbocycles. The summed E-state index contributed by atoms with van der Waals surface area (Å²) in [5.74, 6) is 0. The summed E-state index contributed by atoms with van der Waals surface area (Å²) in [6.07, 6.45) is 0.684. The Morgan fingerprint density at radius 3 is 2.32 bits per heavy atom. The van der Waals surface area contributed by atoms with Crippen LogP contribution in [-0.2, 0) is 16.4 Å². The summed E-state index contributed by atoms with van der Waals surface area (Å²) in [6.45, 7) is 0. The molecular formula is C17H15NO2S2. The molecule has 0 atom stereocenters. The maximum absolute atomic E-state index is 12.4. The van der Waals surface area contributed by atoms with E-state index in [2.05, 4.69) is 4.72 Å². The number of rotatable bonds is 5. The Bertz CT molecular complexity index is 841. The smallest absolute Gasteiger partial charge is 0.271 e. The molecule has 0 radical (unpaired) electrons. The Kier molecular flexibility index (Phi) is 4.27. The van der Waals surface area contributed by atoms with E-state index in [9.17, 15) is 8.42 Å². The molecule has 1 N–H and O–H groups in total. The molecular weight excluding hydrogens is 314 g/mol. The second kappa shape index (κ2) is 6.34. The molecule has 1 heterocycles. The van der Waals surface area contributed by atoms with Gasteiger partial charge in [-0.15, -0.1) is 11.3 Å². The Morgan fingerprint density at radius 1 is 0.864 bits per heavy atom. The molecule has 2 aromatic carbocycles. The van der Waals surface area contributed by atoms with Gasteiger partial charge in [0, 0.05) is 0 Å². The average Bonchev–Trinajstić information content (AvgIpc) is 3.05. The van der Waals surface area contributed by atoms with Gasteiger partial charge in [0.25, 0.3) is 10.0 Å². The number of para-hydroxylation sites is 1. The Labute approximate surface area is 134 Å². The van der Waals surface area contributed by atoms with Gasteiger partial charge >= 0.3 is 0 Å². The largest absolute Gasteiger partial charge is 0.279 e. The Balaban J connectivity index is 1.89. The monoisotopic (exact) mass is 329 g/mol. The third-order valence-electron chi connectivity index (χ3n) is 3.26. The van der Waals surface area contributed by atoms with E-state index < -0.39 is 10.0 Å². The maximum atomic E-state index is 12.4. The van der Waals surface area contributed by atoms with E-state index in [0.29, 0.717) is 16.3 Å². The van der Waals surface area contributed by atoms with Gasteiger partial charge < -0.3 is 0 Å². The number of anilines is 1. The summed E-state index contributed by atoms with van der Waals surface area (Å²) in [6, 6.07) is 20.8. The van der Waals surface area contributed by atoms with Crippen LogP contribution in [0, 0.1) is 0 Å². The van der Waals surface area contributed by atoms with E-state index in [-0.39, 0.29) is 0 Å². The molecule has 5 heteroatoms. The highest BCUT2D eigenvalue weighted by atomic mass is 32.2. The lowest BCUT2D eigenvalue weighted by atomic mass is 10.0. The number of hydrogen-bond donors (Lipinski definition) is 1. The van der Waals surface area contributed by atoms with Crippen LogP contribution in [0.1, 0.15) is 11.1 Å². The average molecular weight is 329 g/mol. The van der Waals surface area contributed by atoms with Gasteiger partial charge in [-0.3, -0.25) is 4.72 Å². The van der Waals surface area contributed by atoms with Crippen LogP contribution in [0.15, 0.2) is 76.3 Å². The van der Waals surface area contributed by atoms with Gasteiger partial charge in [0.2, 0.25) is 0 Å². The van der Waals surface area contributed by atoms with E-state index >= 15 is 0 Å². The first-order valence-electron chi connectivity index (χ1n) is 6.83. The van der Waals surface area contributed by atoms with Gasteiger partial charge in [-0.25, -0.2) is 8.42 Å². The predicted molar refractivity (Wildman–Crippen MR) is 90.8 cm³/mol. The van der Waals surface area contributed by atoms with Gasteiger partial charge in [-0.2, -0.15) is 0 Å². The third kappa shape index (κ3) is 3.37. The van der Waals surface area contributed by atoms with E-state index in [1.807, 2.05) is 48.5 Å². The molecule has 0 fully saturated rings. The van der Waals surface area contributed by atoms with Crippen molar-refractivity contribution < 1.29 is 8.42 Å².